The van der Waals surface area contributed by atoms with Crippen molar-refractivity contribution in [2.24, 2.45) is 11.7 Å². The van der Waals surface area contributed by atoms with Gasteiger partial charge in [0.2, 0.25) is 15.9 Å². The number of nitrogens with two attached hydrogens (primary N) is 1. The van der Waals surface area contributed by atoms with Crippen LogP contribution in [0.5, 0.6) is 0 Å². The fraction of sp³-hybridized carbons (Fsp3) is 0.500. The van der Waals surface area contributed by atoms with Crippen molar-refractivity contribution in [2.75, 3.05) is 22.3 Å². The zero-order valence-corrected chi connectivity index (χ0v) is 14.7. The van der Waals surface area contributed by atoms with Crippen LogP contribution in [0.1, 0.15) is 25.8 Å². The summed E-state index contributed by atoms with van der Waals surface area (Å²) in [5.74, 6) is -0.424. The smallest absolute Gasteiger partial charge is 0.232 e. The van der Waals surface area contributed by atoms with Gasteiger partial charge in [0.1, 0.15) is 0 Å². The Kier molecular flexibility index (Phi) is 8.44. The third-order valence-electron chi connectivity index (χ3n) is 3.13. The van der Waals surface area contributed by atoms with E-state index in [1.165, 1.54) is 0 Å². The first-order valence-electron chi connectivity index (χ1n) is 6.91. The Hall–Kier alpha value is -1.31. The van der Waals surface area contributed by atoms with Crippen LogP contribution in [-0.4, -0.2) is 26.6 Å². The average Bonchev–Trinajstić information content (AvgIpc) is 2.41. The molecule has 1 unspecified atom stereocenters. The van der Waals surface area contributed by atoms with E-state index in [9.17, 15) is 13.2 Å². The Morgan fingerprint density at radius 1 is 1.32 bits per heavy atom. The van der Waals surface area contributed by atoms with Gasteiger partial charge in [0.05, 0.1) is 11.4 Å². The highest BCUT2D eigenvalue weighted by atomic mass is 35.5. The van der Waals surface area contributed by atoms with E-state index in [0.29, 0.717) is 23.4 Å². The summed E-state index contributed by atoms with van der Waals surface area (Å²) >= 11 is 0. The summed E-state index contributed by atoms with van der Waals surface area (Å²) in [6.07, 6.45) is 0.540. The van der Waals surface area contributed by atoms with Crippen molar-refractivity contribution < 1.29 is 13.2 Å². The molecule has 0 aliphatic rings. The van der Waals surface area contributed by atoms with Crippen LogP contribution in [0, 0.1) is 12.8 Å². The van der Waals surface area contributed by atoms with Gasteiger partial charge >= 0.3 is 0 Å². The summed E-state index contributed by atoms with van der Waals surface area (Å²) in [5, 5.41) is 2.77. The minimum Gasteiger partial charge on any atom is -0.330 e. The number of amides is 1. The lowest BCUT2D eigenvalue weighted by molar-refractivity contribution is -0.119. The maximum atomic E-state index is 11.9. The van der Waals surface area contributed by atoms with Gasteiger partial charge in [-0.3, -0.25) is 9.52 Å². The lowest BCUT2D eigenvalue weighted by atomic mass is 10.1. The fourth-order valence-electron chi connectivity index (χ4n) is 1.73. The zero-order valence-electron chi connectivity index (χ0n) is 13.0. The standard InChI is InChI=1S/C14H23N3O3S.ClH/c1-4-8-21(19,20)17-13-7-5-6-12(11(13)3)16-14(18)10(2)9-15;/h5-7,10,17H,4,8-9,15H2,1-3H3,(H,16,18);1H. The number of carbonyl (C=O) groups excluding carboxylic acids is 1. The third kappa shape index (κ3) is 5.82. The van der Waals surface area contributed by atoms with Gasteiger partial charge in [-0.1, -0.05) is 19.9 Å². The Balaban J connectivity index is 0.00000441. The van der Waals surface area contributed by atoms with Gasteiger partial charge in [-0.15, -0.1) is 12.4 Å². The second-order valence-electron chi connectivity index (χ2n) is 5.03. The van der Waals surface area contributed by atoms with E-state index in [0.717, 1.165) is 0 Å². The van der Waals surface area contributed by atoms with Crippen LogP contribution in [-0.2, 0) is 14.8 Å². The second-order valence-corrected chi connectivity index (χ2v) is 6.87. The molecule has 0 aliphatic carbocycles. The van der Waals surface area contributed by atoms with Crippen molar-refractivity contribution in [1.82, 2.24) is 0 Å². The lowest BCUT2D eigenvalue weighted by Gasteiger charge is -2.15. The Morgan fingerprint density at radius 3 is 2.45 bits per heavy atom. The van der Waals surface area contributed by atoms with E-state index in [1.807, 2.05) is 0 Å². The number of rotatable bonds is 7. The highest BCUT2D eigenvalue weighted by molar-refractivity contribution is 7.92. The summed E-state index contributed by atoms with van der Waals surface area (Å²) in [5.41, 5.74) is 7.19. The molecule has 8 heteroatoms. The van der Waals surface area contributed by atoms with Crippen LogP contribution in [0.15, 0.2) is 18.2 Å². The van der Waals surface area contributed by atoms with Crippen molar-refractivity contribution in [3.05, 3.63) is 23.8 Å². The van der Waals surface area contributed by atoms with Gasteiger partial charge in [-0.25, -0.2) is 8.42 Å². The van der Waals surface area contributed by atoms with E-state index in [-0.39, 0.29) is 36.5 Å². The van der Waals surface area contributed by atoms with Crippen LogP contribution in [0.2, 0.25) is 0 Å². The highest BCUT2D eigenvalue weighted by Gasteiger charge is 2.15. The number of carbonyl (C=O) groups is 1. The molecule has 1 aromatic carbocycles. The first kappa shape index (κ1) is 20.7. The van der Waals surface area contributed by atoms with Gasteiger partial charge in [-0.05, 0) is 31.0 Å². The minimum absolute atomic E-state index is 0. The quantitative estimate of drug-likeness (QED) is 0.701. The predicted octanol–water partition coefficient (Wildman–Crippen LogP) is 2.10. The fourth-order valence-corrected chi connectivity index (χ4v) is 2.93. The number of anilines is 2. The van der Waals surface area contributed by atoms with Crippen molar-refractivity contribution >= 4 is 39.7 Å². The van der Waals surface area contributed by atoms with Crippen LogP contribution in [0.25, 0.3) is 0 Å². The van der Waals surface area contributed by atoms with Crippen molar-refractivity contribution in [1.29, 1.82) is 0 Å². The molecule has 1 aromatic rings. The summed E-state index contributed by atoms with van der Waals surface area (Å²) < 4.78 is 26.2. The molecule has 22 heavy (non-hydrogen) atoms. The number of hydrogen-bond donors (Lipinski definition) is 3. The maximum Gasteiger partial charge on any atom is 0.232 e. The molecule has 1 atom stereocenters. The second kappa shape index (κ2) is 8.97. The van der Waals surface area contributed by atoms with E-state index in [1.54, 1.807) is 39.0 Å². The number of benzene rings is 1. The molecular weight excluding hydrogens is 326 g/mol. The van der Waals surface area contributed by atoms with Gasteiger partial charge in [0.25, 0.3) is 0 Å². The van der Waals surface area contributed by atoms with Gasteiger partial charge in [0.15, 0.2) is 0 Å². The van der Waals surface area contributed by atoms with Crippen LogP contribution in [0.3, 0.4) is 0 Å². The molecule has 0 aromatic heterocycles. The zero-order chi connectivity index (χ0) is 16.0. The SMILES string of the molecule is CCCS(=O)(=O)Nc1cccc(NC(=O)C(C)CN)c1C.Cl. The van der Waals surface area contributed by atoms with Crippen LogP contribution >= 0.6 is 12.4 Å². The molecule has 0 bridgehead atoms. The summed E-state index contributed by atoms with van der Waals surface area (Å²) in [7, 11) is -3.36. The molecule has 0 aliphatic heterocycles. The van der Waals surface area contributed by atoms with Crippen molar-refractivity contribution in [2.45, 2.75) is 27.2 Å². The van der Waals surface area contributed by atoms with E-state index >= 15 is 0 Å². The third-order valence-corrected chi connectivity index (χ3v) is 4.61. The Bertz CT molecular complexity index is 605. The molecule has 0 fully saturated rings. The molecule has 1 rings (SSSR count). The Labute approximate surface area is 138 Å². The first-order valence-corrected chi connectivity index (χ1v) is 8.57. The predicted molar refractivity (Wildman–Crippen MR) is 93.0 cm³/mol. The van der Waals surface area contributed by atoms with Crippen LogP contribution < -0.4 is 15.8 Å². The molecule has 0 saturated heterocycles. The summed E-state index contributed by atoms with van der Waals surface area (Å²) in [4.78, 5) is 11.9. The number of nitrogens with one attached hydrogen (secondary N) is 2. The van der Waals surface area contributed by atoms with Crippen LogP contribution in [0.4, 0.5) is 11.4 Å². The minimum atomic E-state index is -3.36. The van der Waals surface area contributed by atoms with E-state index < -0.39 is 10.0 Å². The van der Waals surface area contributed by atoms with E-state index in [2.05, 4.69) is 10.0 Å². The first-order chi connectivity index (χ1) is 9.80. The normalized spacial score (nSPS) is 12.2. The van der Waals surface area contributed by atoms with Crippen molar-refractivity contribution in [3.8, 4) is 0 Å². The summed E-state index contributed by atoms with van der Waals surface area (Å²) in [6, 6.07) is 5.10. The molecule has 6 nitrogen and oxygen atoms in total. The maximum absolute atomic E-state index is 11.9. The molecule has 4 N–H and O–H groups in total. The van der Waals surface area contributed by atoms with Gasteiger partial charge in [-0.2, -0.15) is 0 Å². The molecule has 126 valence electrons. The number of hydrogen-bond acceptors (Lipinski definition) is 4. The number of sulfonamides is 1. The largest absolute Gasteiger partial charge is 0.330 e. The molecular formula is C14H24ClN3O3S. The Morgan fingerprint density at radius 2 is 1.91 bits per heavy atom. The van der Waals surface area contributed by atoms with Gasteiger partial charge in [0, 0.05) is 18.2 Å². The summed E-state index contributed by atoms with van der Waals surface area (Å²) in [6.45, 7) is 5.55. The monoisotopic (exact) mass is 349 g/mol. The highest BCUT2D eigenvalue weighted by Crippen LogP contribution is 2.24. The van der Waals surface area contributed by atoms with Gasteiger partial charge < -0.3 is 11.1 Å². The molecule has 0 saturated carbocycles. The molecule has 0 radical (unpaired) electrons. The van der Waals surface area contributed by atoms with Crippen molar-refractivity contribution in [3.63, 3.8) is 0 Å². The molecule has 1 amide bonds. The average molecular weight is 350 g/mol. The lowest BCUT2D eigenvalue weighted by Crippen LogP contribution is -2.27. The van der Waals surface area contributed by atoms with E-state index in [4.69, 9.17) is 5.73 Å². The topological polar surface area (TPSA) is 101 Å². The molecule has 0 spiro atoms. The number of halogens is 1. The molecule has 0 heterocycles.